The number of carbonyl (C=O) groups is 1. The molecule has 0 saturated carbocycles. The van der Waals surface area contributed by atoms with Crippen molar-refractivity contribution in [1.82, 2.24) is 24.3 Å². The van der Waals surface area contributed by atoms with Crippen molar-refractivity contribution in [3.05, 3.63) is 12.3 Å². The maximum atomic E-state index is 12.3. The molecule has 3 heterocycles. The molecule has 130 valence electrons. The number of hydrogen-bond acceptors (Lipinski definition) is 7. The predicted octanol–water partition coefficient (Wildman–Crippen LogP) is 0.0802. The van der Waals surface area contributed by atoms with Crippen LogP contribution in [0, 0.1) is 5.92 Å². The number of anilines is 1. The van der Waals surface area contributed by atoms with Gasteiger partial charge in [-0.2, -0.15) is 5.10 Å². The van der Waals surface area contributed by atoms with Crippen LogP contribution in [0.15, 0.2) is 16.7 Å². The van der Waals surface area contributed by atoms with E-state index in [1.165, 1.54) is 10.6 Å². The van der Waals surface area contributed by atoms with Crippen LogP contribution in [-0.4, -0.2) is 58.0 Å². The summed E-state index contributed by atoms with van der Waals surface area (Å²) in [6.45, 7) is 0.669. The first-order chi connectivity index (χ1) is 11.3. The summed E-state index contributed by atoms with van der Waals surface area (Å²) in [5, 5.41) is 14.3. The van der Waals surface area contributed by atoms with Gasteiger partial charge in [0.25, 0.3) is 5.89 Å². The van der Waals surface area contributed by atoms with Gasteiger partial charge in [-0.1, -0.05) is 5.10 Å². The smallest absolute Gasteiger partial charge is 0.322 e. The summed E-state index contributed by atoms with van der Waals surface area (Å²) in [4.78, 5) is 12.3. The van der Waals surface area contributed by atoms with E-state index in [9.17, 15) is 13.2 Å². The topological polar surface area (TPSA) is 123 Å². The van der Waals surface area contributed by atoms with E-state index in [0.717, 1.165) is 0 Å². The Balaban J connectivity index is 1.60. The van der Waals surface area contributed by atoms with Gasteiger partial charge in [-0.25, -0.2) is 12.7 Å². The number of carbonyl (C=O) groups excluding carboxylic acids is 1. The standard InChI is InChI=1S/C13H18N6O4S/c1-18-10(3-6-14-18)12-16-17-13(23-12)15-11(20)9-4-7-19(8-5-9)24(2,21)22/h3,6,9H,4-5,7-8H2,1-2H3,(H,15,17,20). The minimum absolute atomic E-state index is 0.0155. The van der Waals surface area contributed by atoms with E-state index < -0.39 is 10.0 Å². The zero-order valence-corrected chi connectivity index (χ0v) is 14.2. The van der Waals surface area contributed by atoms with E-state index in [4.69, 9.17) is 4.42 Å². The Kier molecular flexibility index (Phi) is 4.37. The summed E-state index contributed by atoms with van der Waals surface area (Å²) in [7, 11) is -1.46. The molecule has 0 aliphatic carbocycles. The van der Waals surface area contributed by atoms with Crippen LogP contribution in [0.3, 0.4) is 0 Å². The highest BCUT2D eigenvalue weighted by atomic mass is 32.2. The zero-order chi connectivity index (χ0) is 17.3. The molecule has 3 rings (SSSR count). The van der Waals surface area contributed by atoms with Gasteiger partial charge in [-0.15, -0.1) is 5.10 Å². The Labute approximate surface area is 138 Å². The van der Waals surface area contributed by atoms with Crippen LogP contribution < -0.4 is 5.32 Å². The quantitative estimate of drug-likeness (QED) is 0.824. The normalized spacial score (nSPS) is 17.1. The lowest BCUT2D eigenvalue weighted by Crippen LogP contribution is -2.40. The average Bonchev–Trinajstić information content (AvgIpc) is 3.15. The molecule has 0 unspecified atom stereocenters. The Morgan fingerprint density at radius 1 is 1.33 bits per heavy atom. The summed E-state index contributed by atoms with van der Waals surface area (Å²) in [6, 6.07) is 1.74. The van der Waals surface area contributed by atoms with E-state index in [1.807, 2.05) is 0 Å². The van der Waals surface area contributed by atoms with Crippen LogP contribution >= 0.6 is 0 Å². The van der Waals surface area contributed by atoms with E-state index in [1.54, 1.807) is 24.0 Å². The third-order valence-corrected chi connectivity index (χ3v) is 5.29. The second-order valence-corrected chi connectivity index (χ2v) is 7.66. The lowest BCUT2D eigenvalue weighted by molar-refractivity contribution is -0.121. The molecule has 24 heavy (non-hydrogen) atoms. The largest absolute Gasteiger partial charge is 0.401 e. The molecule has 1 aliphatic rings. The maximum absolute atomic E-state index is 12.3. The number of hydrogen-bond donors (Lipinski definition) is 1. The van der Waals surface area contributed by atoms with E-state index >= 15 is 0 Å². The number of nitrogens with zero attached hydrogens (tertiary/aromatic N) is 5. The number of rotatable bonds is 4. The summed E-state index contributed by atoms with van der Waals surface area (Å²) < 4.78 is 31.3. The molecule has 10 nitrogen and oxygen atoms in total. The van der Waals surface area contributed by atoms with Crippen molar-refractivity contribution in [3.63, 3.8) is 0 Å². The Morgan fingerprint density at radius 2 is 2.04 bits per heavy atom. The van der Waals surface area contributed by atoms with Crippen LogP contribution in [-0.2, 0) is 21.9 Å². The third kappa shape index (κ3) is 3.46. The molecule has 2 aromatic heterocycles. The third-order valence-electron chi connectivity index (χ3n) is 3.99. The molecule has 1 amide bonds. The number of aromatic nitrogens is 4. The van der Waals surface area contributed by atoms with Crippen molar-refractivity contribution in [3.8, 4) is 11.6 Å². The van der Waals surface area contributed by atoms with Crippen LogP contribution in [0.5, 0.6) is 0 Å². The SMILES string of the molecule is Cn1nccc1-c1nnc(NC(=O)C2CCN(S(C)(=O)=O)CC2)o1. The molecular formula is C13H18N6O4S. The number of sulfonamides is 1. The van der Waals surface area contributed by atoms with Gasteiger partial charge >= 0.3 is 6.01 Å². The van der Waals surface area contributed by atoms with Crippen molar-refractivity contribution >= 4 is 21.9 Å². The van der Waals surface area contributed by atoms with E-state index in [-0.39, 0.29) is 23.7 Å². The van der Waals surface area contributed by atoms with Crippen LogP contribution in [0.4, 0.5) is 6.01 Å². The molecule has 1 fully saturated rings. The fourth-order valence-electron chi connectivity index (χ4n) is 2.62. The van der Waals surface area contributed by atoms with Crippen molar-refractivity contribution in [2.45, 2.75) is 12.8 Å². The van der Waals surface area contributed by atoms with Gasteiger partial charge < -0.3 is 4.42 Å². The van der Waals surface area contributed by atoms with Crippen molar-refractivity contribution in [2.75, 3.05) is 24.7 Å². The molecule has 0 atom stereocenters. The minimum Gasteiger partial charge on any atom is -0.401 e. The first-order valence-electron chi connectivity index (χ1n) is 7.42. The zero-order valence-electron chi connectivity index (χ0n) is 13.3. The number of amides is 1. The molecule has 0 radical (unpaired) electrons. The Hall–Kier alpha value is -2.27. The molecule has 1 N–H and O–H groups in total. The minimum atomic E-state index is -3.21. The van der Waals surface area contributed by atoms with Crippen molar-refractivity contribution in [1.29, 1.82) is 0 Å². The molecule has 11 heteroatoms. The second kappa shape index (κ2) is 6.32. The second-order valence-electron chi connectivity index (χ2n) is 5.68. The van der Waals surface area contributed by atoms with Crippen LogP contribution in [0.1, 0.15) is 12.8 Å². The Bertz CT molecular complexity index is 834. The van der Waals surface area contributed by atoms with Gasteiger partial charge in [0.1, 0.15) is 5.69 Å². The Morgan fingerprint density at radius 3 is 2.62 bits per heavy atom. The van der Waals surface area contributed by atoms with Gasteiger partial charge in [0.2, 0.25) is 15.9 Å². The van der Waals surface area contributed by atoms with Gasteiger partial charge in [-0.3, -0.25) is 14.8 Å². The summed E-state index contributed by atoms with van der Waals surface area (Å²) in [5.41, 5.74) is 0.643. The van der Waals surface area contributed by atoms with Gasteiger partial charge in [0.05, 0.1) is 6.26 Å². The van der Waals surface area contributed by atoms with Crippen LogP contribution in [0.2, 0.25) is 0 Å². The lowest BCUT2D eigenvalue weighted by atomic mass is 9.97. The molecule has 1 saturated heterocycles. The van der Waals surface area contributed by atoms with Gasteiger partial charge in [-0.05, 0) is 18.9 Å². The molecular weight excluding hydrogens is 336 g/mol. The van der Waals surface area contributed by atoms with Gasteiger partial charge in [0, 0.05) is 32.3 Å². The highest BCUT2D eigenvalue weighted by Gasteiger charge is 2.29. The summed E-state index contributed by atoms with van der Waals surface area (Å²) >= 11 is 0. The highest BCUT2D eigenvalue weighted by Crippen LogP contribution is 2.22. The molecule has 1 aliphatic heterocycles. The number of nitrogens with one attached hydrogen (secondary N) is 1. The monoisotopic (exact) mass is 354 g/mol. The summed E-state index contributed by atoms with van der Waals surface area (Å²) in [5.74, 6) is -0.268. The first-order valence-corrected chi connectivity index (χ1v) is 9.27. The molecule has 2 aromatic rings. The molecule has 0 bridgehead atoms. The van der Waals surface area contributed by atoms with Crippen molar-refractivity contribution < 1.29 is 17.6 Å². The predicted molar refractivity (Wildman–Crippen MR) is 84.3 cm³/mol. The lowest BCUT2D eigenvalue weighted by Gasteiger charge is -2.28. The average molecular weight is 354 g/mol. The number of aryl methyl sites for hydroxylation is 1. The number of piperidine rings is 1. The van der Waals surface area contributed by atoms with Gasteiger partial charge in [0.15, 0.2) is 0 Å². The fraction of sp³-hybridized carbons (Fsp3) is 0.538. The van der Waals surface area contributed by atoms with E-state index in [2.05, 4.69) is 20.6 Å². The molecule has 0 aromatic carbocycles. The summed E-state index contributed by atoms with van der Waals surface area (Å²) in [6.07, 6.45) is 3.70. The van der Waals surface area contributed by atoms with Crippen molar-refractivity contribution in [2.24, 2.45) is 13.0 Å². The van der Waals surface area contributed by atoms with E-state index in [0.29, 0.717) is 31.6 Å². The van der Waals surface area contributed by atoms with Crippen LogP contribution in [0.25, 0.3) is 11.6 Å². The fourth-order valence-corrected chi connectivity index (χ4v) is 3.49. The maximum Gasteiger partial charge on any atom is 0.322 e. The highest BCUT2D eigenvalue weighted by molar-refractivity contribution is 7.88. The molecule has 0 spiro atoms. The first kappa shape index (κ1) is 16.6.